The van der Waals surface area contributed by atoms with E-state index in [0.29, 0.717) is 11.1 Å². The summed E-state index contributed by atoms with van der Waals surface area (Å²) in [6, 6.07) is 6.37. The second kappa shape index (κ2) is 5.52. The number of aryl methyl sites for hydroxylation is 1. The Morgan fingerprint density at radius 2 is 1.88 bits per heavy atom. The summed E-state index contributed by atoms with van der Waals surface area (Å²) in [5, 5.41) is 15.4. The van der Waals surface area contributed by atoms with Crippen molar-refractivity contribution < 1.29 is 27.4 Å². The van der Waals surface area contributed by atoms with Crippen LogP contribution < -0.4 is 4.74 Å². The maximum absolute atomic E-state index is 12.5. The van der Waals surface area contributed by atoms with Gasteiger partial charge in [0.1, 0.15) is 5.75 Å². The smallest absolute Gasteiger partial charge is 0.416 e. The molecule has 0 amide bonds. The third kappa shape index (κ3) is 2.87. The van der Waals surface area contributed by atoms with E-state index in [9.17, 15) is 23.3 Å². The molecule has 0 bridgehead atoms. The fraction of sp³-hybridized carbons (Fsp3) is 0.133. The molecule has 0 N–H and O–H groups in total. The van der Waals surface area contributed by atoms with Gasteiger partial charge in [0.25, 0.3) is 0 Å². The number of rotatable bonds is 3. The highest BCUT2D eigenvalue weighted by Gasteiger charge is 2.30. The second-order valence-corrected chi connectivity index (χ2v) is 4.97. The molecule has 1 aromatic heterocycles. The normalized spacial score (nSPS) is 11.7. The third-order valence-electron chi connectivity index (χ3n) is 3.34. The van der Waals surface area contributed by atoms with E-state index in [1.165, 1.54) is 12.1 Å². The number of nitro groups is 1. The molecule has 0 aliphatic rings. The zero-order valence-corrected chi connectivity index (χ0v) is 12.1. The van der Waals surface area contributed by atoms with Crippen LogP contribution in [0.25, 0.3) is 11.0 Å². The van der Waals surface area contributed by atoms with Crippen molar-refractivity contribution in [2.45, 2.75) is 13.1 Å². The van der Waals surface area contributed by atoms with Crippen LogP contribution in [0, 0.1) is 17.0 Å². The maximum Gasteiger partial charge on any atom is 0.416 e. The van der Waals surface area contributed by atoms with Gasteiger partial charge in [0.05, 0.1) is 21.6 Å². The fourth-order valence-electron chi connectivity index (χ4n) is 2.14. The van der Waals surface area contributed by atoms with Crippen LogP contribution in [0.2, 0.25) is 0 Å². The third-order valence-corrected chi connectivity index (χ3v) is 3.34. The first kappa shape index (κ1) is 15.8. The molecule has 1 heterocycles. The van der Waals surface area contributed by atoms with Crippen LogP contribution in [0.1, 0.15) is 11.3 Å². The van der Waals surface area contributed by atoms with Crippen molar-refractivity contribution in [1.29, 1.82) is 0 Å². The Morgan fingerprint density at radius 1 is 1.21 bits per heavy atom. The predicted molar refractivity (Wildman–Crippen MR) is 76.9 cm³/mol. The number of halogens is 3. The molecule has 24 heavy (non-hydrogen) atoms. The Hall–Kier alpha value is -3.10. The van der Waals surface area contributed by atoms with E-state index in [0.717, 1.165) is 24.3 Å². The molecular weight excluding hydrogens is 329 g/mol. The highest BCUT2D eigenvalue weighted by atomic mass is 19.4. The van der Waals surface area contributed by atoms with E-state index >= 15 is 0 Å². The summed E-state index contributed by atoms with van der Waals surface area (Å²) in [5.41, 5.74) is -0.423. The first-order valence-electron chi connectivity index (χ1n) is 6.65. The Bertz CT molecular complexity index is 917. The predicted octanol–water partition coefficient (Wildman–Crippen LogP) is 4.86. The summed E-state index contributed by atoms with van der Waals surface area (Å²) in [4.78, 5) is 10.6. The molecule has 124 valence electrons. The van der Waals surface area contributed by atoms with Gasteiger partial charge in [-0.15, -0.1) is 0 Å². The van der Waals surface area contributed by atoms with Crippen LogP contribution >= 0.6 is 0 Å². The van der Waals surface area contributed by atoms with E-state index in [1.807, 2.05) is 0 Å². The molecule has 0 spiro atoms. The zero-order chi connectivity index (χ0) is 17.5. The van der Waals surface area contributed by atoms with Gasteiger partial charge in [-0.3, -0.25) is 10.1 Å². The van der Waals surface area contributed by atoms with Crippen molar-refractivity contribution in [3.63, 3.8) is 0 Å². The van der Waals surface area contributed by atoms with Crippen LogP contribution in [0.5, 0.6) is 11.5 Å². The van der Waals surface area contributed by atoms with Gasteiger partial charge in [0, 0.05) is 12.1 Å². The van der Waals surface area contributed by atoms with Crippen molar-refractivity contribution in [1.82, 2.24) is 5.16 Å². The largest absolute Gasteiger partial charge is 0.450 e. The highest BCUT2D eigenvalue weighted by Crippen LogP contribution is 2.37. The molecule has 0 radical (unpaired) electrons. The lowest BCUT2D eigenvalue weighted by Gasteiger charge is -2.09. The van der Waals surface area contributed by atoms with Gasteiger partial charge in [-0.1, -0.05) is 5.16 Å². The molecule has 0 fully saturated rings. The van der Waals surface area contributed by atoms with E-state index in [1.54, 1.807) is 6.92 Å². The standard InChI is InChI=1S/C15H9F3N2O4/c1-8-11-6-12(20(21)22)14(7-13(11)24-19-8)23-10-4-2-9(3-5-10)15(16,17)18/h2-7H,1H3. The molecule has 0 unspecified atom stereocenters. The van der Waals surface area contributed by atoms with Crippen molar-refractivity contribution >= 4 is 16.7 Å². The number of fused-ring (bicyclic) bond motifs is 1. The number of hydrogen-bond donors (Lipinski definition) is 0. The topological polar surface area (TPSA) is 78.4 Å². The van der Waals surface area contributed by atoms with E-state index in [4.69, 9.17) is 9.26 Å². The molecule has 0 saturated carbocycles. The SMILES string of the molecule is Cc1noc2cc(Oc3ccc(C(F)(F)F)cc3)c([N+](=O)[O-])cc12. The van der Waals surface area contributed by atoms with E-state index in [2.05, 4.69) is 5.16 Å². The molecule has 3 aromatic rings. The molecule has 6 nitrogen and oxygen atoms in total. The van der Waals surface area contributed by atoms with Gasteiger partial charge < -0.3 is 9.26 Å². The monoisotopic (exact) mass is 338 g/mol. The van der Waals surface area contributed by atoms with Gasteiger partial charge >= 0.3 is 11.9 Å². The van der Waals surface area contributed by atoms with Crippen LogP contribution in [-0.4, -0.2) is 10.1 Å². The zero-order valence-electron chi connectivity index (χ0n) is 12.1. The first-order valence-corrected chi connectivity index (χ1v) is 6.65. The number of aromatic nitrogens is 1. The van der Waals surface area contributed by atoms with Crippen LogP contribution in [0.3, 0.4) is 0 Å². The lowest BCUT2D eigenvalue weighted by Crippen LogP contribution is -2.04. The number of nitrogens with zero attached hydrogens (tertiary/aromatic N) is 2. The van der Waals surface area contributed by atoms with Crippen LogP contribution in [0.4, 0.5) is 18.9 Å². The molecule has 0 saturated heterocycles. The van der Waals surface area contributed by atoms with Crippen molar-refractivity contribution in [3.8, 4) is 11.5 Å². The van der Waals surface area contributed by atoms with Crippen molar-refractivity contribution in [2.24, 2.45) is 0 Å². The Kier molecular flexibility index (Phi) is 3.63. The van der Waals surface area contributed by atoms with E-state index in [-0.39, 0.29) is 22.8 Å². The summed E-state index contributed by atoms with van der Waals surface area (Å²) in [6.45, 7) is 1.63. The second-order valence-electron chi connectivity index (χ2n) is 4.97. The van der Waals surface area contributed by atoms with Crippen LogP contribution in [0.15, 0.2) is 40.9 Å². The molecule has 9 heteroatoms. The quantitative estimate of drug-likeness (QED) is 0.503. The lowest BCUT2D eigenvalue weighted by molar-refractivity contribution is -0.385. The van der Waals surface area contributed by atoms with E-state index < -0.39 is 16.7 Å². The number of hydrogen-bond acceptors (Lipinski definition) is 5. The van der Waals surface area contributed by atoms with Crippen molar-refractivity contribution in [3.05, 3.63) is 57.8 Å². The maximum atomic E-state index is 12.5. The summed E-state index contributed by atoms with van der Waals surface area (Å²) >= 11 is 0. The number of nitro benzene ring substituents is 1. The number of benzene rings is 2. The van der Waals surface area contributed by atoms with Gasteiger partial charge in [-0.05, 0) is 31.2 Å². The molecule has 0 atom stereocenters. The highest BCUT2D eigenvalue weighted by molar-refractivity contribution is 5.84. The minimum absolute atomic E-state index is 0.0293. The minimum Gasteiger partial charge on any atom is -0.450 e. The van der Waals surface area contributed by atoms with Crippen LogP contribution in [-0.2, 0) is 6.18 Å². The first-order chi connectivity index (χ1) is 11.3. The van der Waals surface area contributed by atoms with Crippen molar-refractivity contribution in [2.75, 3.05) is 0 Å². The number of ether oxygens (including phenoxy) is 1. The Morgan fingerprint density at radius 3 is 2.46 bits per heavy atom. The minimum atomic E-state index is -4.47. The summed E-state index contributed by atoms with van der Waals surface area (Å²) < 4.78 is 48.0. The molecule has 0 aliphatic heterocycles. The summed E-state index contributed by atoms with van der Waals surface area (Å²) in [7, 11) is 0. The Balaban J connectivity index is 2.00. The van der Waals surface area contributed by atoms with Gasteiger partial charge in [-0.25, -0.2) is 0 Å². The molecule has 0 aliphatic carbocycles. The van der Waals surface area contributed by atoms with Gasteiger partial charge in [0.15, 0.2) is 5.58 Å². The van der Waals surface area contributed by atoms with Gasteiger partial charge in [0.2, 0.25) is 5.75 Å². The average Bonchev–Trinajstić information content (AvgIpc) is 2.86. The Labute approximate surface area is 132 Å². The number of alkyl halides is 3. The van der Waals surface area contributed by atoms with Gasteiger partial charge in [-0.2, -0.15) is 13.2 Å². The summed E-state index contributed by atoms with van der Waals surface area (Å²) in [5.74, 6) is -0.120. The molecule has 2 aromatic carbocycles. The average molecular weight is 338 g/mol. The lowest BCUT2D eigenvalue weighted by atomic mass is 10.2. The summed E-state index contributed by atoms with van der Waals surface area (Å²) in [6.07, 6.45) is -4.47. The molecular formula is C15H9F3N2O4. The fourth-order valence-corrected chi connectivity index (χ4v) is 2.14. The molecule has 3 rings (SSSR count).